The van der Waals surface area contributed by atoms with Gasteiger partial charge in [-0.25, -0.2) is 4.68 Å². The zero-order valence-corrected chi connectivity index (χ0v) is 22.4. The molecule has 0 radical (unpaired) electrons. The number of nitrogens with zero attached hydrogens (tertiary/aromatic N) is 3. The number of furan rings is 1. The molecule has 0 atom stereocenters. The van der Waals surface area contributed by atoms with E-state index >= 15 is 0 Å². The minimum Gasteiger partial charge on any atom is -0.489 e. The maximum atomic E-state index is 13.2. The van der Waals surface area contributed by atoms with Gasteiger partial charge in [-0.1, -0.05) is 29.5 Å². The molecule has 218 valence electrons. The van der Waals surface area contributed by atoms with Crippen LogP contribution in [0.3, 0.4) is 0 Å². The SMILES string of the molecule is NC(=O)c1ccc(COc2ccc3oc(C(=O)CC(CCn4nnc5ccccc5c4=O)(C(=O)O)C(=O)O)cc3c2)cc1. The van der Waals surface area contributed by atoms with Gasteiger partial charge in [0.1, 0.15) is 23.5 Å². The van der Waals surface area contributed by atoms with E-state index in [1.165, 1.54) is 12.1 Å². The fourth-order valence-corrected chi connectivity index (χ4v) is 4.55. The molecular formula is C30H24N4O9. The summed E-state index contributed by atoms with van der Waals surface area (Å²) in [5, 5.41) is 28.3. The number of ketones is 1. The molecule has 5 aromatic rings. The van der Waals surface area contributed by atoms with Gasteiger partial charge in [0.25, 0.3) is 5.56 Å². The normalized spacial score (nSPS) is 11.4. The highest BCUT2D eigenvalue weighted by atomic mass is 16.5. The predicted molar refractivity (Wildman–Crippen MR) is 151 cm³/mol. The Bertz CT molecular complexity index is 1930. The van der Waals surface area contributed by atoms with E-state index in [1.807, 2.05) is 0 Å². The van der Waals surface area contributed by atoms with Crippen molar-refractivity contribution < 1.29 is 38.5 Å². The first kappa shape index (κ1) is 28.7. The molecule has 13 nitrogen and oxygen atoms in total. The van der Waals surface area contributed by atoms with Crippen molar-refractivity contribution >= 4 is 45.5 Å². The van der Waals surface area contributed by atoms with E-state index in [0.29, 0.717) is 27.8 Å². The van der Waals surface area contributed by atoms with Crippen molar-refractivity contribution in [3.8, 4) is 5.75 Å². The number of aryl methyl sites for hydroxylation is 1. The van der Waals surface area contributed by atoms with Crippen LogP contribution in [0.4, 0.5) is 0 Å². The lowest BCUT2D eigenvalue weighted by molar-refractivity contribution is -0.165. The molecule has 0 spiro atoms. The number of aromatic nitrogens is 3. The number of nitrogens with two attached hydrogens (primary N) is 1. The summed E-state index contributed by atoms with van der Waals surface area (Å²) in [6.07, 6.45) is -1.55. The van der Waals surface area contributed by atoms with Gasteiger partial charge in [-0.05, 0) is 60.5 Å². The highest BCUT2D eigenvalue weighted by Crippen LogP contribution is 2.32. The number of Topliss-reactive ketones (excluding diaryl/α,β-unsaturated/α-hetero) is 1. The third-order valence-corrected chi connectivity index (χ3v) is 7.07. The number of carbonyl (C=O) groups excluding carboxylic acids is 2. The van der Waals surface area contributed by atoms with Crippen LogP contribution in [-0.2, 0) is 22.7 Å². The Labute approximate surface area is 242 Å². The predicted octanol–water partition coefficient (Wildman–Crippen LogP) is 3.03. The first-order valence-electron chi connectivity index (χ1n) is 12.9. The van der Waals surface area contributed by atoms with Gasteiger partial charge in [-0.15, -0.1) is 5.10 Å². The van der Waals surface area contributed by atoms with Crippen molar-refractivity contribution in [3.63, 3.8) is 0 Å². The summed E-state index contributed by atoms with van der Waals surface area (Å²) < 4.78 is 12.3. The first-order chi connectivity index (χ1) is 20.6. The highest BCUT2D eigenvalue weighted by molar-refractivity contribution is 6.06. The summed E-state index contributed by atoms with van der Waals surface area (Å²) in [6.45, 7) is -0.229. The fraction of sp³-hybridized carbons (Fsp3) is 0.167. The molecular weight excluding hydrogens is 560 g/mol. The summed E-state index contributed by atoms with van der Waals surface area (Å²) in [7, 11) is 0. The first-order valence-corrected chi connectivity index (χ1v) is 12.9. The van der Waals surface area contributed by atoms with Crippen LogP contribution in [0.2, 0.25) is 0 Å². The van der Waals surface area contributed by atoms with Crippen molar-refractivity contribution in [2.75, 3.05) is 0 Å². The molecule has 0 aliphatic rings. The van der Waals surface area contributed by atoms with E-state index in [0.717, 1.165) is 10.2 Å². The van der Waals surface area contributed by atoms with Gasteiger partial charge >= 0.3 is 11.9 Å². The van der Waals surface area contributed by atoms with Crippen LogP contribution in [0.1, 0.15) is 39.3 Å². The van der Waals surface area contributed by atoms with Gasteiger partial charge in [-0.2, -0.15) is 0 Å². The van der Waals surface area contributed by atoms with Crippen molar-refractivity contribution in [1.29, 1.82) is 0 Å². The zero-order valence-electron chi connectivity index (χ0n) is 22.4. The second-order valence-corrected chi connectivity index (χ2v) is 9.84. The Hall–Kier alpha value is -5.85. The Morgan fingerprint density at radius 3 is 2.37 bits per heavy atom. The molecule has 0 unspecified atom stereocenters. The molecule has 1 amide bonds. The zero-order chi connectivity index (χ0) is 30.7. The molecule has 13 heteroatoms. The standard InChI is InChI=1S/C30H24N4O9/c31-26(36)18-7-5-17(6-8-18)16-42-20-9-10-24-19(13-20)14-25(43-24)23(35)15-30(28(38)39,29(40)41)11-12-34-27(37)21-3-1-2-4-22(21)32-33-34/h1-10,13-14H,11-12,15-16H2,(H2,31,36)(H,38,39)(H,40,41). The Kier molecular flexibility index (Phi) is 7.71. The summed E-state index contributed by atoms with van der Waals surface area (Å²) in [6, 6.07) is 19.1. The number of rotatable bonds is 12. The number of hydrogen-bond donors (Lipinski definition) is 3. The average Bonchev–Trinajstić information content (AvgIpc) is 3.43. The topological polar surface area (TPSA) is 205 Å². The van der Waals surface area contributed by atoms with Crippen molar-refractivity contribution in [3.05, 3.63) is 100 Å². The van der Waals surface area contributed by atoms with Gasteiger partial charge in [-0.3, -0.25) is 24.0 Å². The van der Waals surface area contributed by atoms with E-state index in [2.05, 4.69) is 10.3 Å². The monoisotopic (exact) mass is 584 g/mol. The molecule has 5 rings (SSSR count). The number of benzene rings is 3. The van der Waals surface area contributed by atoms with E-state index in [1.54, 1.807) is 60.7 Å². The van der Waals surface area contributed by atoms with Gasteiger partial charge in [0.05, 0.1) is 5.39 Å². The summed E-state index contributed by atoms with van der Waals surface area (Å²) in [4.78, 5) is 61.8. The molecule has 3 aromatic carbocycles. The molecule has 0 aliphatic carbocycles. The van der Waals surface area contributed by atoms with Gasteiger partial charge in [0.15, 0.2) is 17.0 Å². The molecule has 0 saturated heterocycles. The molecule has 0 aliphatic heterocycles. The van der Waals surface area contributed by atoms with Crippen LogP contribution < -0.4 is 16.0 Å². The minimum absolute atomic E-state index is 0.179. The minimum atomic E-state index is -2.57. The van der Waals surface area contributed by atoms with Crippen LogP contribution in [-0.4, -0.2) is 48.8 Å². The third kappa shape index (κ3) is 5.81. The van der Waals surface area contributed by atoms with Crippen molar-refractivity contribution in [2.24, 2.45) is 11.1 Å². The Balaban J connectivity index is 1.32. The number of amides is 1. The van der Waals surface area contributed by atoms with Crippen LogP contribution in [0, 0.1) is 5.41 Å². The lowest BCUT2D eigenvalue weighted by Gasteiger charge is -2.23. The smallest absolute Gasteiger partial charge is 0.321 e. The summed E-state index contributed by atoms with van der Waals surface area (Å²) >= 11 is 0. The molecule has 0 saturated carbocycles. The van der Waals surface area contributed by atoms with E-state index in [4.69, 9.17) is 14.9 Å². The molecule has 2 aromatic heterocycles. The highest BCUT2D eigenvalue weighted by Gasteiger charge is 2.48. The molecule has 2 heterocycles. The number of ether oxygens (including phenoxy) is 1. The van der Waals surface area contributed by atoms with Crippen molar-refractivity contribution in [1.82, 2.24) is 15.0 Å². The van der Waals surface area contributed by atoms with Crippen LogP contribution >= 0.6 is 0 Å². The number of primary amides is 1. The largest absolute Gasteiger partial charge is 0.489 e. The maximum Gasteiger partial charge on any atom is 0.321 e. The second-order valence-electron chi connectivity index (χ2n) is 9.84. The molecule has 4 N–H and O–H groups in total. The lowest BCUT2D eigenvalue weighted by atomic mass is 9.79. The van der Waals surface area contributed by atoms with Crippen LogP contribution in [0.15, 0.2) is 82.0 Å². The number of fused-ring (bicyclic) bond motifs is 2. The molecule has 0 fully saturated rings. The van der Waals surface area contributed by atoms with Gasteiger partial charge in [0.2, 0.25) is 5.91 Å². The Morgan fingerprint density at radius 1 is 0.953 bits per heavy atom. The number of aliphatic carboxylic acids is 2. The number of carbonyl (C=O) groups is 4. The second kappa shape index (κ2) is 11.6. The molecule has 0 bridgehead atoms. The summed E-state index contributed by atoms with van der Waals surface area (Å²) in [5.74, 6) is -4.67. The van der Waals surface area contributed by atoms with E-state index in [9.17, 15) is 34.2 Å². The number of carboxylic acid groups (broad SMARTS) is 2. The Morgan fingerprint density at radius 2 is 1.67 bits per heavy atom. The molecule has 43 heavy (non-hydrogen) atoms. The van der Waals surface area contributed by atoms with Crippen LogP contribution in [0.25, 0.3) is 21.9 Å². The van der Waals surface area contributed by atoms with Crippen LogP contribution in [0.5, 0.6) is 5.75 Å². The maximum absolute atomic E-state index is 13.2. The number of hydrogen-bond acceptors (Lipinski definition) is 9. The average molecular weight is 585 g/mol. The van der Waals surface area contributed by atoms with Gasteiger partial charge < -0.3 is 25.1 Å². The lowest BCUT2D eigenvalue weighted by Crippen LogP contribution is -2.43. The quantitative estimate of drug-likeness (QED) is 0.143. The van der Waals surface area contributed by atoms with Crippen molar-refractivity contribution in [2.45, 2.75) is 26.0 Å². The number of carboxylic acids is 2. The fourth-order valence-electron chi connectivity index (χ4n) is 4.55. The van der Waals surface area contributed by atoms with E-state index < -0.39 is 54.0 Å². The van der Waals surface area contributed by atoms with Gasteiger partial charge in [0, 0.05) is 23.9 Å². The third-order valence-electron chi connectivity index (χ3n) is 7.07. The summed E-state index contributed by atoms with van der Waals surface area (Å²) in [5.41, 5.74) is 3.90. The van der Waals surface area contributed by atoms with E-state index in [-0.39, 0.29) is 17.8 Å².